The molecule has 12 heteroatoms. The van der Waals surface area contributed by atoms with Crippen LogP contribution >= 0.6 is 0 Å². The van der Waals surface area contributed by atoms with Crippen LogP contribution in [0.2, 0.25) is 0 Å². The summed E-state index contributed by atoms with van der Waals surface area (Å²) in [5.74, 6) is -3.12. The summed E-state index contributed by atoms with van der Waals surface area (Å²) in [5, 5.41) is 50.8. The van der Waals surface area contributed by atoms with E-state index in [-0.39, 0.29) is 5.78 Å². The molecule has 1 saturated heterocycles. The first-order valence-corrected chi connectivity index (χ1v) is 9.78. The molecule has 1 fully saturated rings. The van der Waals surface area contributed by atoms with E-state index >= 15 is 0 Å². The highest BCUT2D eigenvalue weighted by molar-refractivity contribution is 6.03. The summed E-state index contributed by atoms with van der Waals surface area (Å²) < 4.78 is 15.1. The van der Waals surface area contributed by atoms with Crippen LogP contribution in [0.15, 0.2) is 48.6 Å². The number of carbonyl (C=O) groups excluding carboxylic acids is 4. The molecule has 1 heterocycles. The number of allylic oxidation sites excluding steroid dienone is 4. The third-order valence-electron chi connectivity index (χ3n) is 5.13. The molecule has 3 rings (SSSR count). The molecule has 0 saturated carbocycles. The molecule has 0 unspecified atom stereocenters. The number of aliphatic hydroxyl groups excluding tert-OH is 3. The Labute approximate surface area is 186 Å². The summed E-state index contributed by atoms with van der Waals surface area (Å²) in [6.07, 6.45) is -1.41. The average molecular weight is 466 g/mol. The standard InChI is InChI=1S/C21H22O12/c22-11-1-5-20(29,6-2-11)9-14(24)31-10-13-15(25)16(26)17(27)18(32-13)33-19(28)21(30)7-3-12(23)4-8-21/h1-8,13,15-18,25-27,29-30H,9-10H2/t13-,15-,16+,17-,18+/m1/s1. The predicted molar refractivity (Wildman–Crippen MR) is 105 cm³/mol. The largest absolute Gasteiger partial charge is 0.463 e. The van der Waals surface area contributed by atoms with E-state index in [2.05, 4.69) is 0 Å². The molecule has 33 heavy (non-hydrogen) atoms. The van der Waals surface area contributed by atoms with Crippen molar-refractivity contribution in [2.24, 2.45) is 0 Å². The number of carbonyl (C=O) groups is 4. The molecule has 0 aromatic carbocycles. The maximum Gasteiger partial charge on any atom is 0.348 e. The SMILES string of the molecule is O=C1C=CC(O)(CC(=O)OC[C@H]2O[C@@H](OC(=O)C3(O)C=CC(=O)C=C3)[C@H](O)[C@@H](O)[C@@H]2O)C=C1. The second-order valence-electron chi connectivity index (χ2n) is 7.73. The number of hydrogen-bond acceptors (Lipinski definition) is 12. The van der Waals surface area contributed by atoms with Gasteiger partial charge in [0.15, 0.2) is 17.2 Å². The van der Waals surface area contributed by atoms with Crippen molar-refractivity contribution in [2.75, 3.05) is 6.61 Å². The quantitative estimate of drug-likeness (QED) is 0.251. The molecular formula is C21H22O12. The van der Waals surface area contributed by atoms with Crippen LogP contribution in [0.1, 0.15) is 6.42 Å². The van der Waals surface area contributed by atoms with Crippen molar-refractivity contribution < 1.29 is 58.9 Å². The van der Waals surface area contributed by atoms with Gasteiger partial charge in [-0.2, -0.15) is 0 Å². The van der Waals surface area contributed by atoms with E-state index in [0.29, 0.717) is 0 Å². The Bertz CT molecular complexity index is 913. The Morgan fingerprint density at radius 1 is 0.879 bits per heavy atom. The van der Waals surface area contributed by atoms with Crippen molar-refractivity contribution in [3.8, 4) is 0 Å². The van der Waals surface area contributed by atoms with Crippen LogP contribution in [0.25, 0.3) is 0 Å². The van der Waals surface area contributed by atoms with Gasteiger partial charge in [-0.05, 0) is 48.6 Å². The van der Waals surface area contributed by atoms with E-state index in [1.807, 2.05) is 0 Å². The van der Waals surface area contributed by atoms with Gasteiger partial charge in [0.25, 0.3) is 0 Å². The fourth-order valence-electron chi connectivity index (χ4n) is 3.16. The van der Waals surface area contributed by atoms with E-state index in [9.17, 15) is 44.7 Å². The van der Waals surface area contributed by atoms with Crippen LogP contribution in [-0.4, -0.2) is 97.6 Å². The number of ketones is 2. The summed E-state index contributed by atoms with van der Waals surface area (Å²) >= 11 is 0. The Hall–Kier alpha value is -3.00. The first kappa shape index (κ1) is 24.6. The summed E-state index contributed by atoms with van der Waals surface area (Å²) in [6, 6.07) is 0. The Balaban J connectivity index is 1.60. The number of esters is 2. The van der Waals surface area contributed by atoms with Crippen molar-refractivity contribution in [3.63, 3.8) is 0 Å². The lowest BCUT2D eigenvalue weighted by atomic mass is 9.94. The van der Waals surface area contributed by atoms with E-state index in [1.165, 1.54) is 0 Å². The normalized spacial score (nSPS) is 32.0. The van der Waals surface area contributed by atoms with Crippen molar-refractivity contribution in [3.05, 3.63) is 48.6 Å². The Morgan fingerprint density at radius 3 is 2.00 bits per heavy atom. The van der Waals surface area contributed by atoms with Crippen molar-refractivity contribution in [2.45, 2.75) is 48.3 Å². The second-order valence-corrected chi connectivity index (χ2v) is 7.73. The van der Waals surface area contributed by atoms with Gasteiger partial charge in [-0.3, -0.25) is 14.4 Å². The summed E-state index contributed by atoms with van der Waals surface area (Å²) in [6.45, 7) is -0.654. The third-order valence-corrected chi connectivity index (χ3v) is 5.13. The van der Waals surface area contributed by atoms with Gasteiger partial charge >= 0.3 is 11.9 Å². The molecule has 0 bridgehead atoms. The Kier molecular flexibility index (Phi) is 7.07. The lowest BCUT2D eigenvalue weighted by Gasteiger charge is -2.40. The number of rotatable bonds is 6. The minimum atomic E-state index is -2.32. The molecule has 1 aliphatic heterocycles. The monoisotopic (exact) mass is 466 g/mol. The number of aliphatic hydroxyl groups is 5. The highest BCUT2D eigenvalue weighted by Gasteiger charge is 2.48. The lowest BCUT2D eigenvalue weighted by Crippen LogP contribution is -2.60. The molecule has 5 N–H and O–H groups in total. The van der Waals surface area contributed by atoms with Gasteiger partial charge in [0, 0.05) is 0 Å². The lowest BCUT2D eigenvalue weighted by molar-refractivity contribution is -0.296. The Morgan fingerprint density at radius 2 is 1.42 bits per heavy atom. The molecule has 0 aromatic rings. The maximum absolute atomic E-state index is 12.3. The van der Waals surface area contributed by atoms with Crippen molar-refractivity contribution >= 4 is 23.5 Å². The third kappa shape index (κ3) is 5.68. The minimum absolute atomic E-state index is 0.365. The topological polar surface area (TPSA) is 197 Å². The summed E-state index contributed by atoms with van der Waals surface area (Å²) in [4.78, 5) is 46.7. The smallest absolute Gasteiger partial charge is 0.348 e. The molecule has 0 spiro atoms. The van der Waals surface area contributed by atoms with Gasteiger partial charge < -0.3 is 39.7 Å². The fraction of sp³-hybridized carbons (Fsp3) is 0.429. The van der Waals surface area contributed by atoms with Gasteiger partial charge in [0.1, 0.15) is 36.6 Å². The fourth-order valence-corrected chi connectivity index (χ4v) is 3.16. The molecule has 0 amide bonds. The van der Waals surface area contributed by atoms with Crippen molar-refractivity contribution in [1.82, 2.24) is 0 Å². The summed E-state index contributed by atoms with van der Waals surface area (Å²) in [5.41, 5.74) is -4.07. The van der Waals surface area contributed by atoms with Gasteiger partial charge in [-0.15, -0.1) is 0 Å². The van der Waals surface area contributed by atoms with Crippen LogP contribution in [0, 0.1) is 0 Å². The molecule has 178 valence electrons. The number of ether oxygens (including phenoxy) is 3. The maximum atomic E-state index is 12.3. The molecule has 2 aliphatic carbocycles. The molecule has 12 nitrogen and oxygen atoms in total. The van der Waals surface area contributed by atoms with Crippen LogP contribution in [0.4, 0.5) is 0 Å². The first-order chi connectivity index (χ1) is 15.4. The zero-order valence-electron chi connectivity index (χ0n) is 17.0. The van der Waals surface area contributed by atoms with Crippen LogP contribution in [0.5, 0.6) is 0 Å². The molecule has 3 aliphatic rings. The second kappa shape index (κ2) is 9.47. The van der Waals surface area contributed by atoms with E-state index < -0.39 is 72.7 Å². The molecular weight excluding hydrogens is 444 g/mol. The van der Waals surface area contributed by atoms with Gasteiger partial charge in [0.2, 0.25) is 6.29 Å². The van der Waals surface area contributed by atoms with Crippen LogP contribution in [0.3, 0.4) is 0 Å². The zero-order chi connectivity index (χ0) is 24.4. The van der Waals surface area contributed by atoms with E-state index in [1.54, 1.807) is 0 Å². The highest BCUT2D eigenvalue weighted by atomic mass is 16.7. The van der Waals surface area contributed by atoms with Gasteiger partial charge in [-0.25, -0.2) is 4.79 Å². The molecule has 0 radical (unpaired) electrons. The zero-order valence-corrected chi connectivity index (χ0v) is 17.0. The first-order valence-electron chi connectivity index (χ1n) is 9.78. The van der Waals surface area contributed by atoms with Gasteiger partial charge in [0.05, 0.1) is 6.42 Å². The summed E-state index contributed by atoms with van der Waals surface area (Å²) in [7, 11) is 0. The minimum Gasteiger partial charge on any atom is -0.463 e. The average Bonchev–Trinajstić information content (AvgIpc) is 2.77. The van der Waals surface area contributed by atoms with E-state index in [4.69, 9.17) is 14.2 Å². The van der Waals surface area contributed by atoms with Gasteiger partial charge in [-0.1, -0.05) is 0 Å². The van der Waals surface area contributed by atoms with E-state index in [0.717, 1.165) is 48.6 Å². The highest BCUT2D eigenvalue weighted by Crippen LogP contribution is 2.26. The number of hydrogen-bond donors (Lipinski definition) is 5. The van der Waals surface area contributed by atoms with Crippen LogP contribution in [-0.2, 0) is 33.4 Å². The predicted octanol–water partition coefficient (Wildman–Crippen LogP) is -2.88. The van der Waals surface area contributed by atoms with Crippen LogP contribution < -0.4 is 0 Å². The van der Waals surface area contributed by atoms with Crippen molar-refractivity contribution in [1.29, 1.82) is 0 Å². The molecule has 5 atom stereocenters. The molecule has 0 aromatic heterocycles.